The molecular weight excluding hydrogens is 526 g/mol. The van der Waals surface area contributed by atoms with Gasteiger partial charge in [0.1, 0.15) is 18.3 Å². The van der Waals surface area contributed by atoms with Gasteiger partial charge >= 0.3 is 0 Å². The number of hydrogen-bond acceptors (Lipinski definition) is 5. The van der Waals surface area contributed by atoms with Gasteiger partial charge in [0.25, 0.3) is 10.0 Å². The summed E-state index contributed by atoms with van der Waals surface area (Å²) in [6, 6.07) is 21.5. The fraction of sp³-hybridized carbons (Fsp3) is 0.355. The summed E-state index contributed by atoms with van der Waals surface area (Å²) in [7, 11) is -2.64. The maximum absolute atomic E-state index is 14.1. The SMILES string of the molecule is CCCCNC(=O)C(CC)N(Cc1ccccc1C)C(=O)CN(c1cccc(OC)c1)S(=O)(=O)c1ccccc1. The molecule has 0 heterocycles. The van der Waals surface area contributed by atoms with Gasteiger partial charge in [0.15, 0.2) is 0 Å². The molecule has 0 saturated carbocycles. The molecule has 1 unspecified atom stereocenters. The third kappa shape index (κ3) is 7.63. The number of rotatable bonds is 14. The van der Waals surface area contributed by atoms with E-state index in [1.54, 1.807) is 42.5 Å². The smallest absolute Gasteiger partial charge is 0.264 e. The van der Waals surface area contributed by atoms with Crippen LogP contribution in [0.5, 0.6) is 5.75 Å². The Balaban J connectivity index is 2.05. The Morgan fingerprint density at radius 3 is 2.30 bits per heavy atom. The summed E-state index contributed by atoms with van der Waals surface area (Å²) in [6.45, 7) is 6.03. The van der Waals surface area contributed by atoms with E-state index in [0.717, 1.165) is 28.3 Å². The van der Waals surface area contributed by atoms with Crippen LogP contribution in [-0.2, 0) is 26.2 Å². The highest BCUT2D eigenvalue weighted by molar-refractivity contribution is 7.92. The summed E-state index contributed by atoms with van der Waals surface area (Å²) in [5.41, 5.74) is 2.14. The van der Waals surface area contributed by atoms with Crippen LogP contribution < -0.4 is 14.4 Å². The number of sulfonamides is 1. The van der Waals surface area contributed by atoms with E-state index in [9.17, 15) is 18.0 Å². The number of hydrogen-bond donors (Lipinski definition) is 1. The molecule has 0 saturated heterocycles. The molecule has 1 N–H and O–H groups in total. The van der Waals surface area contributed by atoms with E-state index < -0.39 is 28.5 Å². The quantitative estimate of drug-likeness (QED) is 0.280. The fourth-order valence-electron chi connectivity index (χ4n) is 4.41. The van der Waals surface area contributed by atoms with E-state index in [2.05, 4.69) is 5.32 Å². The molecule has 2 amide bonds. The van der Waals surface area contributed by atoms with E-state index >= 15 is 0 Å². The largest absolute Gasteiger partial charge is 0.497 e. The standard InChI is InChI=1S/C31H39N3O5S/c1-5-7-20-32-31(36)29(6-2)33(22-25-15-12-11-14-24(25)3)30(35)23-34(26-16-13-17-27(21-26)39-4)40(37,38)28-18-9-8-10-19-28/h8-19,21,29H,5-7,20,22-23H2,1-4H3,(H,32,36). The summed E-state index contributed by atoms with van der Waals surface area (Å²) in [5.74, 6) is -0.281. The van der Waals surface area contributed by atoms with Crippen molar-refractivity contribution in [3.05, 3.63) is 90.0 Å². The third-order valence-electron chi connectivity index (χ3n) is 6.77. The lowest BCUT2D eigenvalue weighted by Gasteiger charge is -2.33. The van der Waals surface area contributed by atoms with Crippen molar-refractivity contribution < 1.29 is 22.7 Å². The molecule has 0 aliphatic heterocycles. The van der Waals surface area contributed by atoms with Crippen molar-refractivity contribution >= 4 is 27.5 Å². The Kier molecular flexibility index (Phi) is 11.1. The molecule has 1 atom stereocenters. The van der Waals surface area contributed by atoms with Crippen LogP contribution in [0.2, 0.25) is 0 Å². The Labute approximate surface area is 238 Å². The number of carbonyl (C=O) groups is 2. The maximum atomic E-state index is 14.1. The fourth-order valence-corrected chi connectivity index (χ4v) is 5.84. The van der Waals surface area contributed by atoms with Crippen LogP contribution in [0.25, 0.3) is 0 Å². The molecule has 214 valence electrons. The number of aryl methyl sites for hydroxylation is 1. The predicted molar refractivity (Wildman–Crippen MR) is 158 cm³/mol. The van der Waals surface area contributed by atoms with E-state index in [4.69, 9.17) is 4.74 Å². The first-order chi connectivity index (χ1) is 19.2. The third-order valence-corrected chi connectivity index (χ3v) is 8.56. The van der Waals surface area contributed by atoms with E-state index in [1.165, 1.54) is 24.1 Å². The molecule has 0 aromatic heterocycles. The van der Waals surface area contributed by atoms with E-state index in [-0.39, 0.29) is 23.0 Å². The number of amides is 2. The van der Waals surface area contributed by atoms with Gasteiger partial charge in [0, 0.05) is 19.2 Å². The highest BCUT2D eigenvalue weighted by atomic mass is 32.2. The lowest BCUT2D eigenvalue weighted by Crippen LogP contribution is -2.52. The van der Waals surface area contributed by atoms with Gasteiger partial charge in [0.05, 0.1) is 17.7 Å². The minimum atomic E-state index is -4.13. The van der Waals surface area contributed by atoms with Crippen LogP contribution in [0.1, 0.15) is 44.2 Å². The first kappa shape index (κ1) is 30.7. The Morgan fingerprint density at radius 2 is 1.65 bits per heavy atom. The van der Waals surface area contributed by atoms with Gasteiger partial charge in [-0.05, 0) is 55.2 Å². The van der Waals surface area contributed by atoms with Gasteiger partial charge in [-0.15, -0.1) is 0 Å². The van der Waals surface area contributed by atoms with Crippen molar-refractivity contribution in [3.8, 4) is 5.75 Å². The second-order valence-electron chi connectivity index (χ2n) is 9.54. The second-order valence-corrected chi connectivity index (χ2v) is 11.4. The summed E-state index contributed by atoms with van der Waals surface area (Å²) < 4.78 is 34.2. The molecule has 0 bridgehead atoms. The van der Waals surface area contributed by atoms with Crippen LogP contribution in [-0.4, -0.2) is 51.4 Å². The number of nitrogens with zero attached hydrogens (tertiary/aromatic N) is 2. The number of carbonyl (C=O) groups excluding carboxylic acids is 2. The molecule has 40 heavy (non-hydrogen) atoms. The summed E-state index contributed by atoms with van der Waals surface area (Å²) >= 11 is 0. The Hall–Kier alpha value is -3.85. The van der Waals surface area contributed by atoms with Crippen molar-refractivity contribution in [2.24, 2.45) is 0 Å². The van der Waals surface area contributed by atoms with E-state index in [1.807, 2.05) is 45.0 Å². The summed E-state index contributed by atoms with van der Waals surface area (Å²) in [4.78, 5) is 28.9. The maximum Gasteiger partial charge on any atom is 0.264 e. The molecule has 3 aromatic carbocycles. The van der Waals surface area contributed by atoms with Crippen LogP contribution in [0.4, 0.5) is 5.69 Å². The number of nitrogens with one attached hydrogen (secondary N) is 1. The van der Waals surface area contributed by atoms with Crippen LogP contribution in [0, 0.1) is 6.92 Å². The highest BCUT2D eigenvalue weighted by Gasteiger charge is 2.33. The average molecular weight is 566 g/mol. The highest BCUT2D eigenvalue weighted by Crippen LogP contribution is 2.28. The van der Waals surface area contributed by atoms with Crippen LogP contribution in [0.15, 0.2) is 83.8 Å². The summed E-state index contributed by atoms with van der Waals surface area (Å²) in [6.07, 6.45) is 2.13. The summed E-state index contributed by atoms with van der Waals surface area (Å²) in [5, 5.41) is 2.95. The first-order valence-electron chi connectivity index (χ1n) is 13.6. The van der Waals surface area contributed by atoms with Crippen molar-refractivity contribution in [1.29, 1.82) is 0 Å². The Bertz CT molecular complexity index is 1380. The van der Waals surface area contributed by atoms with Gasteiger partial charge in [-0.3, -0.25) is 13.9 Å². The number of benzene rings is 3. The molecule has 0 fully saturated rings. The van der Waals surface area contributed by atoms with Crippen molar-refractivity contribution in [3.63, 3.8) is 0 Å². The predicted octanol–water partition coefficient (Wildman–Crippen LogP) is 4.92. The van der Waals surface area contributed by atoms with Crippen LogP contribution in [0.3, 0.4) is 0 Å². The van der Waals surface area contributed by atoms with Gasteiger partial charge in [0.2, 0.25) is 11.8 Å². The number of ether oxygens (including phenoxy) is 1. The minimum absolute atomic E-state index is 0.0559. The topological polar surface area (TPSA) is 96.0 Å². The number of methoxy groups -OCH3 is 1. The van der Waals surface area contributed by atoms with Crippen molar-refractivity contribution in [2.45, 2.75) is 57.5 Å². The number of anilines is 1. The van der Waals surface area contributed by atoms with Crippen LogP contribution >= 0.6 is 0 Å². The molecule has 3 aromatic rings. The molecule has 9 heteroatoms. The molecule has 0 aliphatic carbocycles. The molecule has 8 nitrogen and oxygen atoms in total. The zero-order valence-electron chi connectivity index (χ0n) is 23.7. The van der Waals surface area contributed by atoms with Crippen molar-refractivity contribution in [1.82, 2.24) is 10.2 Å². The normalized spacial score (nSPS) is 11.9. The van der Waals surface area contributed by atoms with Gasteiger partial charge in [-0.2, -0.15) is 0 Å². The van der Waals surface area contributed by atoms with Gasteiger partial charge in [-0.1, -0.05) is 68.8 Å². The Morgan fingerprint density at radius 1 is 0.950 bits per heavy atom. The average Bonchev–Trinajstić information content (AvgIpc) is 2.97. The lowest BCUT2D eigenvalue weighted by molar-refractivity contribution is -0.140. The molecule has 0 spiro atoms. The zero-order chi connectivity index (χ0) is 29.1. The number of unbranched alkanes of at least 4 members (excludes halogenated alkanes) is 1. The first-order valence-corrected chi connectivity index (χ1v) is 15.0. The van der Waals surface area contributed by atoms with E-state index in [0.29, 0.717) is 18.7 Å². The molecular formula is C31H39N3O5S. The monoisotopic (exact) mass is 565 g/mol. The molecule has 3 rings (SSSR count). The molecule has 0 radical (unpaired) electrons. The minimum Gasteiger partial charge on any atom is -0.497 e. The van der Waals surface area contributed by atoms with Gasteiger partial charge < -0.3 is 15.0 Å². The second kappa shape index (κ2) is 14.5. The zero-order valence-corrected chi connectivity index (χ0v) is 24.5. The van der Waals surface area contributed by atoms with Crippen molar-refractivity contribution in [2.75, 3.05) is 24.5 Å². The van der Waals surface area contributed by atoms with Gasteiger partial charge in [-0.25, -0.2) is 8.42 Å². The lowest BCUT2D eigenvalue weighted by atomic mass is 10.1. The molecule has 0 aliphatic rings.